The molecule has 0 radical (unpaired) electrons. The number of sulfonamides is 1. The van der Waals surface area contributed by atoms with Crippen molar-refractivity contribution in [1.29, 1.82) is 0 Å². The van der Waals surface area contributed by atoms with Crippen LogP contribution < -0.4 is 10.1 Å². The number of hydrogen-bond acceptors (Lipinski definition) is 4. The van der Waals surface area contributed by atoms with Crippen LogP contribution in [-0.2, 0) is 21.2 Å². The van der Waals surface area contributed by atoms with Crippen molar-refractivity contribution in [2.75, 3.05) is 26.5 Å². The van der Waals surface area contributed by atoms with E-state index < -0.39 is 10.0 Å². The van der Waals surface area contributed by atoms with Crippen LogP contribution in [0.5, 0.6) is 5.75 Å². The van der Waals surface area contributed by atoms with Gasteiger partial charge >= 0.3 is 0 Å². The Kier molecular flexibility index (Phi) is 5.81. The van der Waals surface area contributed by atoms with Crippen LogP contribution in [0.3, 0.4) is 0 Å². The van der Waals surface area contributed by atoms with Crippen molar-refractivity contribution in [2.24, 2.45) is 0 Å². The number of rotatable bonds is 6. The first-order chi connectivity index (χ1) is 11.7. The highest BCUT2D eigenvalue weighted by atomic mass is 32.2. The summed E-state index contributed by atoms with van der Waals surface area (Å²) in [6.07, 6.45) is 0.203. The van der Waals surface area contributed by atoms with E-state index in [2.05, 4.69) is 5.32 Å². The van der Waals surface area contributed by atoms with E-state index in [1.54, 1.807) is 19.2 Å². The quantitative estimate of drug-likeness (QED) is 0.856. The SMILES string of the molecule is COc1cc(CC(=O)Nc2ccc(S(=O)(=O)N(C)C)cc2)ccc1C. The molecule has 0 fully saturated rings. The van der Waals surface area contributed by atoms with E-state index in [-0.39, 0.29) is 17.2 Å². The molecule has 0 saturated carbocycles. The van der Waals surface area contributed by atoms with Crippen LogP contribution in [0.2, 0.25) is 0 Å². The number of hydrogen-bond donors (Lipinski definition) is 1. The van der Waals surface area contributed by atoms with Crippen LogP contribution >= 0.6 is 0 Å². The number of aryl methyl sites for hydroxylation is 1. The first-order valence-electron chi connectivity index (χ1n) is 7.70. The zero-order valence-corrected chi connectivity index (χ0v) is 15.6. The van der Waals surface area contributed by atoms with Gasteiger partial charge in [-0.15, -0.1) is 0 Å². The van der Waals surface area contributed by atoms with E-state index >= 15 is 0 Å². The van der Waals surface area contributed by atoms with Gasteiger partial charge in [0, 0.05) is 19.8 Å². The van der Waals surface area contributed by atoms with E-state index in [0.717, 1.165) is 21.2 Å². The second-order valence-corrected chi connectivity index (χ2v) is 7.99. The van der Waals surface area contributed by atoms with Gasteiger partial charge in [0.25, 0.3) is 0 Å². The summed E-state index contributed by atoms with van der Waals surface area (Å²) in [5.74, 6) is 0.553. The number of nitrogens with zero attached hydrogens (tertiary/aromatic N) is 1. The van der Waals surface area contributed by atoms with E-state index in [1.165, 1.54) is 26.2 Å². The summed E-state index contributed by atoms with van der Waals surface area (Å²) >= 11 is 0. The number of nitrogens with one attached hydrogen (secondary N) is 1. The van der Waals surface area contributed by atoms with E-state index in [1.807, 2.05) is 25.1 Å². The normalized spacial score (nSPS) is 11.4. The van der Waals surface area contributed by atoms with Gasteiger partial charge < -0.3 is 10.1 Å². The molecule has 0 saturated heterocycles. The van der Waals surface area contributed by atoms with Crippen molar-refractivity contribution in [3.8, 4) is 5.75 Å². The molecule has 0 aromatic heterocycles. The largest absolute Gasteiger partial charge is 0.496 e. The summed E-state index contributed by atoms with van der Waals surface area (Å²) in [5.41, 5.74) is 2.39. The number of carbonyl (C=O) groups is 1. The van der Waals surface area contributed by atoms with E-state index in [9.17, 15) is 13.2 Å². The number of amides is 1. The van der Waals surface area contributed by atoms with Crippen LogP contribution in [0.25, 0.3) is 0 Å². The van der Waals surface area contributed by atoms with Gasteiger partial charge in [-0.25, -0.2) is 12.7 Å². The first-order valence-corrected chi connectivity index (χ1v) is 9.14. The maximum atomic E-state index is 12.2. The standard InChI is InChI=1S/C18H22N2O4S/c1-13-5-6-14(11-17(13)24-4)12-18(21)19-15-7-9-16(10-8-15)25(22,23)20(2)3/h5-11H,12H2,1-4H3,(H,19,21). The summed E-state index contributed by atoms with van der Waals surface area (Å²) in [6.45, 7) is 1.94. The van der Waals surface area contributed by atoms with Crippen molar-refractivity contribution in [3.05, 3.63) is 53.6 Å². The fraction of sp³-hybridized carbons (Fsp3) is 0.278. The molecule has 0 aliphatic heterocycles. The summed E-state index contributed by atoms with van der Waals surface area (Å²) < 4.78 is 30.4. The van der Waals surface area contributed by atoms with Crippen LogP contribution in [0.1, 0.15) is 11.1 Å². The van der Waals surface area contributed by atoms with Crippen LogP contribution in [-0.4, -0.2) is 39.8 Å². The van der Waals surface area contributed by atoms with E-state index in [0.29, 0.717) is 5.69 Å². The zero-order valence-electron chi connectivity index (χ0n) is 14.7. The topological polar surface area (TPSA) is 75.7 Å². The van der Waals surface area contributed by atoms with Crippen molar-refractivity contribution in [3.63, 3.8) is 0 Å². The maximum Gasteiger partial charge on any atom is 0.242 e. The van der Waals surface area contributed by atoms with Crippen LogP contribution in [0, 0.1) is 6.92 Å². The molecule has 0 heterocycles. The lowest BCUT2D eigenvalue weighted by molar-refractivity contribution is -0.115. The molecule has 2 aromatic rings. The summed E-state index contributed by atoms with van der Waals surface area (Å²) in [5, 5.41) is 2.76. The van der Waals surface area contributed by atoms with Crippen molar-refractivity contribution in [1.82, 2.24) is 4.31 Å². The molecule has 1 amide bonds. The molecule has 25 heavy (non-hydrogen) atoms. The predicted octanol–water partition coefficient (Wildman–Crippen LogP) is 2.44. The number of methoxy groups -OCH3 is 1. The monoisotopic (exact) mass is 362 g/mol. The highest BCUT2D eigenvalue weighted by molar-refractivity contribution is 7.89. The molecule has 0 atom stereocenters. The van der Waals surface area contributed by atoms with E-state index in [4.69, 9.17) is 4.74 Å². The molecule has 6 nitrogen and oxygen atoms in total. The molecule has 134 valence electrons. The summed E-state index contributed by atoms with van der Waals surface area (Å²) in [6, 6.07) is 11.7. The lowest BCUT2D eigenvalue weighted by Crippen LogP contribution is -2.22. The highest BCUT2D eigenvalue weighted by Crippen LogP contribution is 2.20. The molecule has 0 aliphatic carbocycles. The van der Waals surface area contributed by atoms with Crippen molar-refractivity contribution in [2.45, 2.75) is 18.2 Å². The Bertz CT molecular complexity index is 859. The number of anilines is 1. The highest BCUT2D eigenvalue weighted by Gasteiger charge is 2.16. The maximum absolute atomic E-state index is 12.2. The lowest BCUT2D eigenvalue weighted by atomic mass is 10.1. The van der Waals surface area contributed by atoms with Crippen molar-refractivity contribution >= 4 is 21.6 Å². The minimum absolute atomic E-state index is 0.179. The average molecular weight is 362 g/mol. The third-order valence-corrected chi connectivity index (χ3v) is 5.58. The number of ether oxygens (including phenoxy) is 1. The first kappa shape index (κ1) is 19.0. The minimum Gasteiger partial charge on any atom is -0.496 e. The molecule has 0 spiro atoms. The Morgan fingerprint density at radius 3 is 2.32 bits per heavy atom. The van der Waals surface area contributed by atoms with Crippen LogP contribution in [0.15, 0.2) is 47.4 Å². The van der Waals surface area contributed by atoms with Crippen LogP contribution in [0.4, 0.5) is 5.69 Å². The average Bonchev–Trinajstić information content (AvgIpc) is 2.56. The van der Waals surface area contributed by atoms with Gasteiger partial charge in [-0.1, -0.05) is 12.1 Å². The molecule has 1 N–H and O–H groups in total. The van der Waals surface area contributed by atoms with Crippen molar-refractivity contribution < 1.29 is 17.9 Å². The molecule has 0 aliphatic rings. The fourth-order valence-electron chi connectivity index (χ4n) is 2.29. The Morgan fingerprint density at radius 1 is 1.12 bits per heavy atom. The predicted molar refractivity (Wildman–Crippen MR) is 97.4 cm³/mol. The summed E-state index contributed by atoms with van der Waals surface area (Å²) in [4.78, 5) is 12.4. The second kappa shape index (κ2) is 7.67. The van der Waals surface area contributed by atoms with Gasteiger partial charge in [-0.05, 0) is 48.4 Å². The molecular weight excluding hydrogens is 340 g/mol. The Hall–Kier alpha value is -2.38. The second-order valence-electron chi connectivity index (χ2n) is 5.84. The van der Waals surface area contributed by atoms with Gasteiger partial charge in [-0.2, -0.15) is 0 Å². The third kappa shape index (κ3) is 4.58. The Morgan fingerprint density at radius 2 is 1.76 bits per heavy atom. The van der Waals surface area contributed by atoms with Gasteiger partial charge in [0.1, 0.15) is 5.75 Å². The molecule has 0 unspecified atom stereocenters. The van der Waals surface area contributed by atoms with Gasteiger partial charge in [0.05, 0.1) is 18.4 Å². The minimum atomic E-state index is -3.48. The molecule has 2 rings (SSSR count). The molecule has 0 bridgehead atoms. The van der Waals surface area contributed by atoms with Gasteiger partial charge in [0.15, 0.2) is 0 Å². The number of carbonyl (C=O) groups excluding carboxylic acids is 1. The summed E-state index contributed by atoms with van der Waals surface area (Å²) in [7, 11) is 1.06. The van der Waals surface area contributed by atoms with Gasteiger partial charge in [-0.3, -0.25) is 4.79 Å². The molecule has 7 heteroatoms. The lowest BCUT2D eigenvalue weighted by Gasteiger charge is -2.12. The smallest absolute Gasteiger partial charge is 0.242 e. The Labute approximate surface area is 148 Å². The molecular formula is C18H22N2O4S. The number of benzene rings is 2. The zero-order chi connectivity index (χ0) is 18.6. The van der Waals surface area contributed by atoms with Gasteiger partial charge in [0.2, 0.25) is 15.9 Å². The fourth-order valence-corrected chi connectivity index (χ4v) is 3.19. The third-order valence-electron chi connectivity index (χ3n) is 3.75. The Balaban J connectivity index is 2.06. The molecule has 2 aromatic carbocycles.